The number of alkyl halides is 1. The molecule has 0 saturated carbocycles. The molecule has 0 aromatic heterocycles. The molecule has 1 heterocycles. The minimum atomic E-state index is 0.115. The number of rotatable bonds is 4. The van der Waals surface area contributed by atoms with Crippen LogP contribution in [0.25, 0.3) is 0 Å². The van der Waals surface area contributed by atoms with Gasteiger partial charge in [0.2, 0.25) is 5.91 Å². The van der Waals surface area contributed by atoms with Crippen LogP contribution in [0.15, 0.2) is 18.2 Å². The van der Waals surface area contributed by atoms with Crippen molar-refractivity contribution >= 4 is 23.2 Å². The Morgan fingerprint density at radius 2 is 2.24 bits per heavy atom. The van der Waals surface area contributed by atoms with E-state index in [1.807, 2.05) is 6.07 Å². The van der Waals surface area contributed by atoms with Crippen LogP contribution in [0.1, 0.15) is 17.5 Å². The maximum atomic E-state index is 11.2. The van der Waals surface area contributed by atoms with Crippen LogP contribution in [-0.2, 0) is 17.8 Å². The smallest absolute Gasteiger partial charge is 0.224 e. The number of hydrogen-bond donors (Lipinski definition) is 1. The second kappa shape index (κ2) is 5.52. The Bertz CT molecular complexity index is 420. The zero-order valence-corrected chi connectivity index (χ0v) is 10.8. The van der Waals surface area contributed by atoms with E-state index >= 15 is 0 Å². The summed E-state index contributed by atoms with van der Waals surface area (Å²) in [5.74, 6) is 0.766. The Hall–Kier alpha value is -1.06. The van der Waals surface area contributed by atoms with E-state index < -0.39 is 0 Å². The van der Waals surface area contributed by atoms with E-state index in [-0.39, 0.29) is 5.91 Å². The van der Waals surface area contributed by atoms with E-state index in [2.05, 4.69) is 29.4 Å². The van der Waals surface area contributed by atoms with Crippen molar-refractivity contribution in [2.45, 2.75) is 19.4 Å². The Kier molecular flexibility index (Phi) is 4.02. The summed E-state index contributed by atoms with van der Waals surface area (Å²) in [5.41, 5.74) is 3.47. The highest BCUT2D eigenvalue weighted by Gasteiger charge is 2.14. The number of aryl methyl sites for hydroxylation is 1. The maximum Gasteiger partial charge on any atom is 0.224 e. The van der Waals surface area contributed by atoms with E-state index in [4.69, 9.17) is 11.6 Å². The van der Waals surface area contributed by atoms with Crippen molar-refractivity contribution in [3.8, 4) is 0 Å². The number of benzene rings is 1. The van der Waals surface area contributed by atoms with E-state index in [0.717, 1.165) is 25.2 Å². The molecule has 0 radical (unpaired) electrons. The van der Waals surface area contributed by atoms with Gasteiger partial charge in [-0.05, 0) is 30.7 Å². The number of halogens is 1. The van der Waals surface area contributed by atoms with Gasteiger partial charge < -0.3 is 10.2 Å². The lowest BCUT2D eigenvalue weighted by atomic mass is 10.0. The van der Waals surface area contributed by atoms with Crippen LogP contribution in [0.4, 0.5) is 5.69 Å². The molecule has 17 heavy (non-hydrogen) atoms. The molecule has 1 aromatic carbocycles. The number of nitrogens with one attached hydrogen (secondary N) is 1. The van der Waals surface area contributed by atoms with Crippen LogP contribution in [0, 0.1) is 0 Å². The molecule has 0 unspecified atom stereocenters. The average Bonchev–Trinajstić information content (AvgIpc) is 2.29. The molecule has 1 aromatic rings. The highest BCUT2D eigenvalue weighted by Crippen LogP contribution is 2.23. The Morgan fingerprint density at radius 1 is 1.41 bits per heavy atom. The van der Waals surface area contributed by atoms with Gasteiger partial charge in [-0.25, -0.2) is 0 Å². The van der Waals surface area contributed by atoms with Crippen molar-refractivity contribution in [3.63, 3.8) is 0 Å². The van der Waals surface area contributed by atoms with Crippen molar-refractivity contribution in [1.82, 2.24) is 4.90 Å². The number of nitrogens with zero attached hydrogens (tertiary/aromatic N) is 1. The lowest BCUT2D eigenvalue weighted by Gasteiger charge is -2.20. The fraction of sp³-hybridized carbons (Fsp3) is 0.462. The molecule has 1 aliphatic rings. The number of anilines is 1. The normalized spacial score (nSPS) is 14.6. The first kappa shape index (κ1) is 12.4. The van der Waals surface area contributed by atoms with Crippen LogP contribution in [-0.4, -0.2) is 30.3 Å². The molecule has 1 aliphatic heterocycles. The van der Waals surface area contributed by atoms with Gasteiger partial charge in [-0.2, -0.15) is 0 Å². The second-order valence-corrected chi connectivity index (χ2v) is 4.84. The molecule has 0 spiro atoms. The van der Waals surface area contributed by atoms with Crippen molar-refractivity contribution in [3.05, 3.63) is 29.3 Å². The van der Waals surface area contributed by atoms with Crippen molar-refractivity contribution < 1.29 is 4.79 Å². The van der Waals surface area contributed by atoms with Crippen LogP contribution in [0.5, 0.6) is 0 Å². The third kappa shape index (κ3) is 3.20. The van der Waals surface area contributed by atoms with Crippen LogP contribution >= 0.6 is 11.6 Å². The highest BCUT2D eigenvalue weighted by atomic mass is 35.5. The van der Waals surface area contributed by atoms with Gasteiger partial charge in [-0.1, -0.05) is 12.1 Å². The number of hydrogen-bond acceptors (Lipinski definition) is 2. The Labute approximate surface area is 107 Å². The summed E-state index contributed by atoms with van der Waals surface area (Å²) >= 11 is 5.70. The van der Waals surface area contributed by atoms with Gasteiger partial charge in [0.1, 0.15) is 0 Å². The quantitative estimate of drug-likeness (QED) is 0.834. The van der Waals surface area contributed by atoms with Crippen LogP contribution in [0.2, 0.25) is 0 Å². The first-order chi connectivity index (χ1) is 8.19. The van der Waals surface area contributed by atoms with Crippen molar-refractivity contribution in [2.75, 3.05) is 24.8 Å². The van der Waals surface area contributed by atoms with Crippen molar-refractivity contribution in [1.29, 1.82) is 0 Å². The number of amides is 1. The van der Waals surface area contributed by atoms with Gasteiger partial charge in [-0.15, -0.1) is 11.6 Å². The zero-order valence-electron chi connectivity index (χ0n) is 10.0. The van der Waals surface area contributed by atoms with Gasteiger partial charge >= 0.3 is 0 Å². The standard InChI is InChI=1S/C13H17ClN2O/c1-16(7-6-14)9-10-2-4-12-11(8-10)3-5-13(17)15-12/h2,4,8H,3,5-7,9H2,1H3,(H,15,17). The van der Waals surface area contributed by atoms with Crippen LogP contribution < -0.4 is 5.32 Å². The molecule has 4 heteroatoms. The summed E-state index contributed by atoms with van der Waals surface area (Å²) in [6.07, 6.45) is 1.43. The minimum absolute atomic E-state index is 0.115. The first-order valence-corrected chi connectivity index (χ1v) is 6.38. The molecule has 1 N–H and O–H groups in total. The van der Waals surface area contributed by atoms with Gasteiger partial charge in [0.25, 0.3) is 0 Å². The fourth-order valence-corrected chi connectivity index (χ4v) is 2.36. The van der Waals surface area contributed by atoms with Crippen LogP contribution in [0.3, 0.4) is 0 Å². The monoisotopic (exact) mass is 252 g/mol. The second-order valence-electron chi connectivity index (χ2n) is 4.47. The highest BCUT2D eigenvalue weighted by molar-refractivity contribution is 6.18. The van der Waals surface area contributed by atoms with E-state index in [1.54, 1.807) is 0 Å². The summed E-state index contributed by atoms with van der Waals surface area (Å²) in [5, 5.41) is 2.89. The van der Waals surface area contributed by atoms with E-state index in [0.29, 0.717) is 12.3 Å². The minimum Gasteiger partial charge on any atom is -0.326 e. The third-order valence-corrected chi connectivity index (χ3v) is 3.15. The SMILES string of the molecule is CN(CCCl)Cc1ccc2c(c1)CCC(=O)N2. The van der Waals surface area contributed by atoms with Gasteiger partial charge in [-0.3, -0.25) is 4.79 Å². The molecular formula is C13H17ClN2O. The first-order valence-electron chi connectivity index (χ1n) is 5.85. The predicted molar refractivity (Wildman–Crippen MR) is 70.4 cm³/mol. The van der Waals surface area contributed by atoms with Gasteiger partial charge in [0, 0.05) is 31.1 Å². The molecule has 0 fully saturated rings. The fourth-order valence-electron chi connectivity index (χ4n) is 2.07. The molecule has 1 amide bonds. The molecule has 0 aliphatic carbocycles. The van der Waals surface area contributed by atoms with E-state index in [1.165, 1.54) is 11.1 Å². The topological polar surface area (TPSA) is 32.3 Å². The molecule has 0 atom stereocenters. The average molecular weight is 253 g/mol. The molecule has 2 rings (SSSR count). The number of fused-ring (bicyclic) bond motifs is 1. The largest absolute Gasteiger partial charge is 0.326 e. The molecule has 3 nitrogen and oxygen atoms in total. The molecule has 92 valence electrons. The third-order valence-electron chi connectivity index (χ3n) is 2.98. The Balaban J connectivity index is 2.08. The summed E-state index contributed by atoms with van der Waals surface area (Å²) in [7, 11) is 2.06. The molecule has 0 saturated heterocycles. The summed E-state index contributed by atoms with van der Waals surface area (Å²) in [4.78, 5) is 13.4. The van der Waals surface area contributed by atoms with Crippen molar-refractivity contribution in [2.24, 2.45) is 0 Å². The molecule has 0 bridgehead atoms. The lowest BCUT2D eigenvalue weighted by molar-refractivity contribution is -0.116. The lowest BCUT2D eigenvalue weighted by Crippen LogP contribution is -2.21. The maximum absolute atomic E-state index is 11.2. The number of carbonyl (C=O) groups excluding carboxylic acids is 1. The summed E-state index contributed by atoms with van der Waals surface area (Å²) in [6, 6.07) is 6.24. The summed E-state index contributed by atoms with van der Waals surface area (Å²) in [6.45, 7) is 1.78. The predicted octanol–water partition coefficient (Wildman–Crippen LogP) is 2.24. The summed E-state index contributed by atoms with van der Waals surface area (Å²) < 4.78 is 0. The zero-order chi connectivity index (χ0) is 12.3. The molecular weight excluding hydrogens is 236 g/mol. The van der Waals surface area contributed by atoms with Gasteiger partial charge in [0.15, 0.2) is 0 Å². The Morgan fingerprint density at radius 3 is 3.00 bits per heavy atom. The van der Waals surface area contributed by atoms with E-state index in [9.17, 15) is 4.79 Å². The number of carbonyl (C=O) groups is 1. The van der Waals surface area contributed by atoms with Gasteiger partial charge in [0.05, 0.1) is 0 Å².